The highest BCUT2D eigenvalue weighted by Gasteiger charge is 2.19. The molecule has 1 N–H and O–H groups in total. The number of nitrogens with zero attached hydrogens (tertiary/aromatic N) is 3. The Balaban J connectivity index is 1.97. The lowest BCUT2D eigenvalue weighted by Gasteiger charge is -2.05. The van der Waals surface area contributed by atoms with E-state index in [4.69, 9.17) is 28.0 Å². The molecule has 0 saturated carbocycles. The number of halogens is 2. The predicted octanol–water partition coefficient (Wildman–Crippen LogP) is 2.26. The molecule has 0 spiro atoms. The van der Waals surface area contributed by atoms with Crippen molar-refractivity contribution in [2.45, 2.75) is 6.23 Å². The summed E-state index contributed by atoms with van der Waals surface area (Å²) in [7, 11) is 0. The highest BCUT2D eigenvalue weighted by Crippen LogP contribution is 2.27. The molecule has 1 aromatic carbocycles. The van der Waals surface area contributed by atoms with Crippen molar-refractivity contribution in [2.75, 3.05) is 0 Å². The van der Waals surface area contributed by atoms with Crippen LogP contribution in [-0.4, -0.2) is 28.3 Å². The summed E-state index contributed by atoms with van der Waals surface area (Å²) < 4.78 is 0. The molecule has 2 aromatic rings. The van der Waals surface area contributed by atoms with Crippen LogP contribution in [0.3, 0.4) is 0 Å². The van der Waals surface area contributed by atoms with Gasteiger partial charge in [-0.05, 0) is 18.2 Å². The Labute approximate surface area is 129 Å². The lowest BCUT2D eigenvalue weighted by Crippen LogP contribution is -2.20. The number of aromatic nitrogens is 2. The van der Waals surface area contributed by atoms with Crippen molar-refractivity contribution in [1.29, 1.82) is 0 Å². The number of rotatable bonds is 3. The molecular formula is C13H8Cl2N4O2. The van der Waals surface area contributed by atoms with Crippen molar-refractivity contribution in [1.82, 2.24) is 15.4 Å². The molecule has 1 unspecified atom stereocenters. The summed E-state index contributed by atoms with van der Waals surface area (Å²) in [6, 6.07) is 6.92. The summed E-state index contributed by atoms with van der Waals surface area (Å²) in [5.74, 6) is 0.371. The van der Waals surface area contributed by atoms with E-state index >= 15 is 0 Å². The van der Waals surface area contributed by atoms with Gasteiger partial charge in [0.05, 0.1) is 15.7 Å². The van der Waals surface area contributed by atoms with Crippen LogP contribution in [0.4, 0.5) is 0 Å². The van der Waals surface area contributed by atoms with Gasteiger partial charge in [0.25, 0.3) is 0 Å². The number of amidine groups is 1. The van der Waals surface area contributed by atoms with Crippen molar-refractivity contribution in [3.8, 4) is 11.3 Å². The first-order valence-electron chi connectivity index (χ1n) is 5.90. The predicted molar refractivity (Wildman–Crippen MR) is 78.1 cm³/mol. The molecule has 21 heavy (non-hydrogen) atoms. The van der Waals surface area contributed by atoms with Crippen LogP contribution in [0.2, 0.25) is 10.0 Å². The number of hydrogen-bond acceptors (Lipinski definition) is 6. The second-order valence-electron chi connectivity index (χ2n) is 4.14. The molecule has 1 aliphatic rings. The maximum Gasteiger partial charge on any atom is 0.232 e. The number of aliphatic imine (C=N–C) groups is 1. The van der Waals surface area contributed by atoms with Crippen molar-refractivity contribution in [3.63, 3.8) is 0 Å². The first kappa shape index (κ1) is 13.9. The summed E-state index contributed by atoms with van der Waals surface area (Å²) in [4.78, 5) is 27.8. The minimum absolute atomic E-state index is 0.371. The molecule has 8 heteroatoms. The molecule has 0 fully saturated rings. The number of benzene rings is 1. The zero-order valence-electron chi connectivity index (χ0n) is 10.5. The summed E-state index contributed by atoms with van der Waals surface area (Å²) in [6.07, 6.45) is 1.12. The van der Waals surface area contributed by atoms with Crippen LogP contribution < -0.4 is 5.48 Å². The average Bonchev–Trinajstić information content (AvgIpc) is 2.99. The van der Waals surface area contributed by atoms with E-state index in [0.29, 0.717) is 33.6 Å². The first-order chi connectivity index (χ1) is 10.2. The molecule has 0 radical (unpaired) electrons. The Morgan fingerprint density at radius 1 is 1.14 bits per heavy atom. The van der Waals surface area contributed by atoms with Crippen molar-refractivity contribution >= 4 is 35.3 Å². The molecule has 0 aliphatic carbocycles. The van der Waals surface area contributed by atoms with Crippen LogP contribution in [0.1, 0.15) is 5.69 Å². The molecular weight excluding hydrogens is 315 g/mol. The topological polar surface area (TPSA) is 76.5 Å². The maximum atomic E-state index is 10.6. The molecule has 0 amide bonds. The van der Waals surface area contributed by atoms with Gasteiger partial charge in [-0.25, -0.2) is 25.3 Å². The molecule has 0 saturated heterocycles. The minimum atomic E-state index is -0.858. The van der Waals surface area contributed by atoms with Crippen LogP contribution in [0.25, 0.3) is 11.3 Å². The Bertz CT molecular complexity index is 736. The van der Waals surface area contributed by atoms with Crippen molar-refractivity contribution in [3.05, 3.63) is 46.3 Å². The highest BCUT2D eigenvalue weighted by molar-refractivity contribution is 6.42. The Hall–Kier alpha value is -2.02. The zero-order chi connectivity index (χ0) is 14.8. The third-order valence-electron chi connectivity index (χ3n) is 2.77. The maximum absolute atomic E-state index is 10.6. The largest absolute Gasteiger partial charge is 0.298 e. The summed E-state index contributed by atoms with van der Waals surface area (Å²) in [5.41, 5.74) is 4.51. The lowest BCUT2D eigenvalue weighted by atomic mass is 10.1. The zero-order valence-corrected chi connectivity index (χ0v) is 12.0. The van der Waals surface area contributed by atoms with E-state index in [-0.39, 0.29) is 0 Å². The van der Waals surface area contributed by atoms with Gasteiger partial charge in [0.1, 0.15) is 12.0 Å². The first-order valence-corrected chi connectivity index (χ1v) is 6.65. The summed E-state index contributed by atoms with van der Waals surface area (Å²) in [6.45, 7) is 0. The fraction of sp³-hybridized carbons (Fsp3) is 0.0769. The van der Waals surface area contributed by atoms with Crippen LogP contribution >= 0.6 is 23.2 Å². The van der Waals surface area contributed by atoms with Gasteiger partial charge in [0, 0.05) is 5.56 Å². The van der Waals surface area contributed by atoms with Crippen LogP contribution in [0.5, 0.6) is 0 Å². The highest BCUT2D eigenvalue weighted by atomic mass is 35.5. The number of aldehydes is 1. The van der Waals surface area contributed by atoms with Crippen LogP contribution in [0.15, 0.2) is 35.6 Å². The van der Waals surface area contributed by atoms with Gasteiger partial charge < -0.3 is 0 Å². The quantitative estimate of drug-likeness (QED) is 0.877. The molecule has 1 atom stereocenters. The smallest absolute Gasteiger partial charge is 0.232 e. The van der Waals surface area contributed by atoms with Crippen LogP contribution in [-0.2, 0) is 9.63 Å². The van der Waals surface area contributed by atoms with Gasteiger partial charge in [0.2, 0.25) is 6.23 Å². The fourth-order valence-corrected chi connectivity index (χ4v) is 2.07. The summed E-state index contributed by atoms with van der Waals surface area (Å²) in [5, 5.41) is 0.911. The normalized spacial score (nSPS) is 17.2. The molecule has 106 valence electrons. The number of hydroxylamine groups is 1. The molecule has 3 rings (SSSR count). The van der Waals surface area contributed by atoms with Gasteiger partial charge in [-0.15, -0.1) is 0 Å². The van der Waals surface area contributed by atoms with E-state index in [9.17, 15) is 4.79 Å². The Morgan fingerprint density at radius 2 is 1.95 bits per heavy atom. The third kappa shape index (κ3) is 2.87. The number of carbonyl (C=O) groups excluding carboxylic acids is 1. The van der Waals surface area contributed by atoms with Gasteiger partial charge in [0.15, 0.2) is 12.1 Å². The minimum Gasteiger partial charge on any atom is -0.298 e. The van der Waals surface area contributed by atoms with E-state index < -0.39 is 6.23 Å². The molecule has 6 nitrogen and oxygen atoms in total. The third-order valence-corrected chi connectivity index (χ3v) is 3.51. The molecule has 2 heterocycles. The Kier molecular flexibility index (Phi) is 3.83. The second-order valence-corrected chi connectivity index (χ2v) is 4.96. The number of hydrogen-bond donors (Lipinski definition) is 1. The monoisotopic (exact) mass is 322 g/mol. The van der Waals surface area contributed by atoms with Gasteiger partial charge in [-0.3, -0.25) is 4.79 Å². The van der Waals surface area contributed by atoms with E-state index in [1.807, 2.05) is 0 Å². The van der Waals surface area contributed by atoms with Gasteiger partial charge in [-0.1, -0.05) is 29.3 Å². The van der Waals surface area contributed by atoms with E-state index in [1.165, 1.54) is 6.33 Å². The van der Waals surface area contributed by atoms with Gasteiger partial charge >= 0.3 is 0 Å². The average molecular weight is 323 g/mol. The van der Waals surface area contributed by atoms with Crippen LogP contribution in [0, 0.1) is 0 Å². The van der Waals surface area contributed by atoms with E-state index in [0.717, 1.165) is 5.56 Å². The molecule has 1 aromatic heterocycles. The fourth-order valence-electron chi connectivity index (χ4n) is 1.77. The molecule has 0 bridgehead atoms. The second kappa shape index (κ2) is 5.77. The SMILES string of the molecule is O=CC1N=C(c2cc(-c3ccc(Cl)c(Cl)c3)ncn2)NO1. The van der Waals surface area contributed by atoms with E-state index in [2.05, 4.69) is 20.4 Å². The molecule has 1 aliphatic heterocycles. The van der Waals surface area contributed by atoms with Crippen molar-refractivity contribution < 1.29 is 9.63 Å². The number of nitrogens with one attached hydrogen (secondary N) is 1. The van der Waals surface area contributed by atoms with E-state index in [1.54, 1.807) is 24.3 Å². The summed E-state index contributed by atoms with van der Waals surface area (Å²) >= 11 is 11.9. The van der Waals surface area contributed by atoms with Gasteiger partial charge in [-0.2, -0.15) is 0 Å². The Morgan fingerprint density at radius 3 is 2.67 bits per heavy atom. The standard InChI is InChI=1S/C13H8Cl2N4O2/c14-8-2-1-7(3-9(8)15)10-4-11(17-6-16-10)13-18-12(5-20)21-19-13/h1-6,12H,(H,18,19). The van der Waals surface area contributed by atoms with Crippen molar-refractivity contribution in [2.24, 2.45) is 4.99 Å². The number of carbonyl (C=O) groups is 1. The lowest BCUT2D eigenvalue weighted by molar-refractivity contribution is -0.118.